The first-order valence-corrected chi connectivity index (χ1v) is 13.9. The van der Waals surface area contributed by atoms with Crippen LogP contribution in [-0.4, -0.2) is 142 Å². The second kappa shape index (κ2) is 33.6. The number of alkyl halides is 2. The number of hydrogen-bond acceptors (Lipinski definition) is 10. The summed E-state index contributed by atoms with van der Waals surface area (Å²) in [5, 5.41) is 0. The third-order valence-corrected chi connectivity index (χ3v) is 4.39. The van der Waals surface area contributed by atoms with Crippen LogP contribution in [0.1, 0.15) is 0 Å². The minimum atomic E-state index is 0.502. The van der Waals surface area contributed by atoms with E-state index in [9.17, 15) is 0 Å². The highest BCUT2D eigenvalue weighted by molar-refractivity contribution is 14.1. The van der Waals surface area contributed by atoms with Crippen LogP contribution in [0.2, 0.25) is 0 Å². The van der Waals surface area contributed by atoms with Crippen molar-refractivity contribution in [1.82, 2.24) is 0 Å². The topological polar surface area (TPSA) is 92.3 Å². The zero-order chi connectivity index (χ0) is 24.6. The molecule has 0 aliphatic heterocycles. The first-order valence-electron chi connectivity index (χ1n) is 11.8. The molecular formula is C22H44ClIO10. The van der Waals surface area contributed by atoms with Gasteiger partial charge < -0.3 is 47.4 Å². The van der Waals surface area contributed by atoms with Crippen molar-refractivity contribution in [2.75, 3.05) is 142 Å². The Balaban J connectivity index is 2.99. The molecule has 0 aromatic heterocycles. The molecule has 0 N–H and O–H groups in total. The third kappa shape index (κ3) is 32.6. The molecule has 34 heavy (non-hydrogen) atoms. The highest BCUT2D eigenvalue weighted by atomic mass is 127. The summed E-state index contributed by atoms with van der Waals surface area (Å²) in [5.74, 6) is 0.502. The van der Waals surface area contributed by atoms with Gasteiger partial charge in [-0.2, -0.15) is 0 Å². The Labute approximate surface area is 223 Å². The average molecular weight is 631 g/mol. The maximum atomic E-state index is 5.50. The maximum absolute atomic E-state index is 5.50. The molecule has 0 atom stereocenters. The molecule has 0 aromatic carbocycles. The van der Waals surface area contributed by atoms with Crippen molar-refractivity contribution in [2.45, 2.75) is 0 Å². The molecular weight excluding hydrogens is 587 g/mol. The third-order valence-electron chi connectivity index (χ3n) is 3.79. The molecule has 0 amide bonds. The van der Waals surface area contributed by atoms with E-state index in [1.807, 2.05) is 0 Å². The van der Waals surface area contributed by atoms with Gasteiger partial charge in [-0.1, -0.05) is 22.6 Å². The van der Waals surface area contributed by atoms with Crippen LogP contribution in [0.3, 0.4) is 0 Å². The second-order valence-corrected chi connectivity index (χ2v) is 7.96. The molecule has 0 aliphatic rings. The molecule has 0 radical (unpaired) electrons. The van der Waals surface area contributed by atoms with Gasteiger partial charge in [0.2, 0.25) is 0 Å². The smallest absolute Gasteiger partial charge is 0.0701 e. The van der Waals surface area contributed by atoms with Crippen LogP contribution in [0.25, 0.3) is 0 Å². The van der Waals surface area contributed by atoms with E-state index in [-0.39, 0.29) is 0 Å². The lowest BCUT2D eigenvalue weighted by Gasteiger charge is -2.09. The maximum Gasteiger partial charge on any atom is 0.0701 e. The molecule has 0 rings (SSSR count). The van der Waals surface area contributed by atoms with Gasteiger partial charge in [-0.15, -0.1) is 11.6 Å². The largest absolute Gasteiger partial charge is 0.378 e. The summed E-state index contributed by atoms with van der Waals surface area (Å²) in [6.45, 7) is 11.2. The highest BCUT2D eigenvalue weighted by Gasteiger charge is 1.95. The van der Waals surface area contributed by atoms with Crippen molar-refractivity contribution in [3.63, 3.8) is 0 Å². The summed E-state index contributed by atoms with van der Waals surface area (Å²) in [5.41, 5.74) is 0. The Hall–Kier alpha value is 0.620. The molecule has 0 unspecified atom stereocenters. The van der Waals surface area contributed by atoms with Gasteiger partial charge in [0.15, 0.2) is 0 Å². The van der Waals surface area contributed by atoms with E-state index in [0.29, 0.717) is 131 Å². The zero-order valence-corrected chi connectivity index (χ0v) is 23.3. The summed E-state index contributed by atoms with van der Waals surface area (Å²) >= 11 is 7.77. The molecule has 0 spiro atoms. The molecule has 0 heterocycles. The highest BCUT2D eigenvalue weighted by Crippen LogP contribution is 1.87. The van der Waals surface area contributed by atoms with Gasteiger partial charge in [0, 0.05) is 10.3 Å². The van der Waals surface area contributed by atoms with Gasteiger partial charge in [-0.05, 0) is 0 Å². The van der Waals surface area contributed by atoms with E-state index >= 15 is 0 Å². The first kappa shape index (κ1) is 34.6. The molecule has 12 heteroatoms. The van der Waals surface area contributed by atoms with Gasteiger partial charge >= 0.3 is 0 Å². The van der Waals surface area contributed by atoms with Gasteiger partial charge in [0.1, 0.15) is 0 Å². The second-order valence-electron chi connectivity index (χ2n) is 6.50. The quantitative estimate of drug-likeness (QED) is 0.0642. The lowest BCUT2D eigenvalue weighted by atomic mass is 10.6. The van der Waals surface area contributed by atoms with Crippen molar-refractivity contribution in [2.24, 2.45) is 0 Å². The van der Waals surface area contributed by atoms with Crippen molar-refractivity contribution in [1.29, 1.82) is 0 Å². The van der Waals surface area contributed by atoms with E-state index in [1.165, 1.54) is 0 Å². The van der Waals surface area contributed by atoms with Gasteiger partial charge in [0.05, 0.1) is 132 Å². The van der Waals surface area contributed by atoms with Gasteiger partial charge in [-0.25, -0.2) is 0 Å². The van der Waals surface area contributed by atoms with Crippen molar-refractivity contribution < 1.29 is 47.4 Å². The molecule has 206 valence electrons. The number of hydrogen-bond donors (Lipinski definition) is 0. The number of rotatable bonds is 31. The Bertz CT molecular complexity index is 330. The van der Waals surface area contributed by atoms with Crippen LogP contribution in [-0.2, 0) is 47.4 Å². The Kier molecular flexibility index (Phi) is 34.2. The summed E-state index contributed by atoms with van der Waals surface area (Å²) in [4.78, 5) is 0. The van der Waals surface area contributed by atoms with Crippen molar-refractivity contribution in [3.8, 4) is 0 Å². The summed E-state index contributed by atoms with van der Waals surface area (Å²) in [7, 11) is 0. The molecule has 0 aromatic rings. The van der Waals surface area contributed by atoms with Crippen molar-refractivity contribution >= 4 is 34.2 Å². The normalized spacial score (nSPS) is 11.5. The number of halogens is 2. The van der Waals surface area contributed by atoms with Crippen LogP contribution >= 0.6 is 34.2 Å². The minimum Gasteiger partial charge on any atom is -0.378 e. The van der Waals surface area contributed by atoms with Crippen LogP contribution in [0, 0.1) is 0 Å². The molecule has 0 saturated heterocycles. The molecule has 0 bridgehead atoms. The van der Waals surface area contributed by atoms with Crippen LogP contribution in [0.15, 0.2) is 0 Å². The fraction of sp³-hybridized carbons (Fsp3) is 1.00. The zero-order valence-electron chi connectivity index (χ0n) is 20.4. The molecule has 0 saturated carbocycles. The Morgan fingerprint density at radius 3 is 0.647 bits per heavy atom. The standard InChI is InChI=1S/C22H44ClIO10/c23-1-3-25-5-7-27-9-11-29-13-15-31-17-19-33-21-22-34-20-18-32-16-14-30-12-10-28-8-6-26-4-2-24/h1-22H2. The van der Waals surface area contributed by atoms with Crippen molar-refractivity contribution in [3.05, 3.63) is 0 Å². The van der Waals surface area contributed by atoms with Crippen LogP contribution in [0.4, 0.5) is 0 Å². The minimum absolute atomic E-state index is 0.502. The fourth-order valence-corrected chi connectivity index (χ4v) is 2.61. The van der Waals surface area contributed by atoms with Gasteiger partial charge in [0.25, 0.3) is 0 Å². The van der Waals surface area contributed by atoms with E-state index in [4.69, 9.17) is 59.0 Å². The Morgan fingerprint density at radius 2 is 0.471 bits per heavy atom. The number of ether oxygens (including phenoxy) is 10. The molecule has 0 fully saturated rings. The Morgan fingerprint density at radius 1 is 0.294 bits per heavy atom. The summed E-state index contributed by atoms with van der Waals surface area (Å²) in [6.07, 6.45) is 0. The fourth-order valence-electron chi connectivity index (χ4n) is 2.19. The SMILES string of the molecule is ClCCOCCOCCOCCOCCOCCOCCOCCOCCOCCOCCI. The van der Waals surface area contributed by atoms with E-state index < -0.39 is 0 Å². The average Bonchev–Trinajstić information content (AvgIpc) is 2.85. The van der Waals surface area contributed by atoms with E-state index in [2.05, 4.69) is 22.6 Å². The summed E-state index contributed by atoms with van der Waals surface area (Å²) < 4.78 is 54.8. The van der Waals surface area contributed by atoms with Crippen LogP contribution in [0.5, 0.6) is 0 Å². The lowest BCUT2D eigenvalue weighted by Crippen LogP contribution is -2.15. The van der Waals surface area contributed by atoms with Crippen LogP contribution < -0.4 is 0 Å². The first-order chi connectivity index (χ1) is 16.9. The molecule has 0 aliphatic carbocycles. The predicted molar refractivity (Wildman–Crippen MR) is 138 cm³/mol. The van der Waals surface area contributed by atoms with E-state index in [1.54, 1.807) is 0 Å². The predicted octanol–water partition coefficient (Wildman–Crippen LogP) is 1.83. The summed E-state index contributed by atoms with van der Waals surface area (Å²) in [6, 6.07) is 0. The lowest BCUT2D eigenvalue weighted by molar-refractivity contribution is -0.0260. The van der Waals surface area contributed by atoms with E-state index in [0.717, 1.165) is 11.0 Å². The monoisotopic (exact) mass is 630 g/mol. The van der Waals surface area contributed by atoms with Gasteiger partial charge in [-0.3, -0.25) is 0 Å². The molecule has 10 nitrogen and oxygen atoms in total.